The number of hydrogen-bond donors (Lipinski definition) is 3. The van der Waals surface area contributed by atoms with Gasteiger partial charge in [0.05, 0.1) is 13.2 Å². The molecule has 1 fully saturated rings. The fraction of sp³-hybridized carbons (Fsp3) is 0.579. The zero-order chi connectivity index (χ0) is 25.4. The highest BCUT2D eigenvalue weighted by Crippen LogP contribution is 2.56. The van der Waals surface area contributed by atoms with Gasteiger partial charge in [-0.15, -0.1) is 0 Å². The van der Waals surface area contributed by atoms with Crippen LogP contribution in [0, 0.1) is 11.8 Å². The van der Waals surface area contributed by atoms with Crippen molar-refractivity contribution in [1.29, 1.82) is 0 Å². The van der Waals surface area contributed by atoms with Crippen LogP contribution in [-0.4, -0.2) is 59.2 Å². The van der Waals surface area contributed by atoms with Crippen LogP contribution in [-0.2, 0) is 19.1 Å². The van der Waals surface area contributed by atoms with Gasteiger partial charge in [-0.3, -0.25) is 9.59 Å². The lowest BCUT2D eigenvalue weighted by atomic mass is 9.64. The van der Waals surface area contributed by atoms with Gasteiger partial charge in [-0.25, -0.2) is 5.32 Å². The SMILES string of the molecule is CCOC(=O)[C@H]1C(c2ccccc2Cl)[C@H](C(=O)OCC)[C@](O)(C(F)(F)F)N[C@]1(O)C(F)(F)F. The Bertz CT molecular complexity index is 848. The van der Waals surface area contributed by atoms with Gasteiger partial charge >= 0.3 is 24.3 Å². The second-order valence-corrected chi connectivity index (χ2v) is 7.57. The van der Waals surface area contributed by atoms with E-state index in [4.69, 9.17) is 11.6 Å². The summed E-state index contributed by atoms with van der Waals surface area (Å²) in [7, 11) is 0. The van der Waals surface area contributed by atoms with Crippen molar-refractivity contribution in [3.63, 3.8) is 0 Å². The van der Waals surface area contributed by atoms with Crippen LogP contribution in [0.1, 0.15) is 25.3 Å². The second kappa shape index (κ2) is 9.28. The van der Waals surface area contributed by atoms with Crippen molar-refractivity contribution in [2.45, 2.75) is 43.6 Å². The fourth-order valence-electron chi connectivity index (χ4n) is 3.86. The number of nitrogens with one attached hydrogen (secondary N) is 1. The zero-order valence-corrected chi connectivity index (χ0v) is 17.9. The van der Waals surface area contributed by atoms with Crippen LogP contribution in [0.25, 0.3) is 0 Å². The minimum atomic E-state index is -5.96. The van der Waals surface area contributed by atoms with E-state index in [2.05, 4.69) is 9.47 Å². The molecule has 0 bridgehead atoms. The highest BCUT2D eigenvalue weighted by molar-refractivity contribution is 6.31. The Labute approximate surface area is 188 Å². The van der Waals surface area contributed by atoms with Gasteiger partial charge in [-0.2, -0.15) is 26.3 Å². The van der Waals surface area contributed by atoms with E-state index in [9.17, 15) is 46.1 Å². The smallest absolute Gasteiger partial charge is 0.432 e. The molecule has 0 radical (unpaired) electrons. The van der Waals surface area contributed by atoms with E-state index in [1.807, 2.05) is 0 Å². The van der Waals surface area contributed by atoms with E-state index in [1.165, 1.54) is 26.0 Å². The number of halogens is 7. The van der Waals surface area contributed by atoms with E-state index in [-0.39, 0.29) is 0 Å². The van der Waals surface area contributed by atoms with Crippen molar-refractivity contribution in [2.75, 3.05) is 13.2 Å². The number of ether oxygens (including phenoxy) is 2. The van der Waals surface area contributed by atoms with E-state index in [0.29, 0.717) is 5.32 Å². The van der Waals surface area contributed by atoms with Gasteiger partial charge in [-0.1, -0.05) is 29.8 Å². The van der Waals surface area contributed by atoms with Crippen LogP contribution in [0.2, 0.25) is 5.02 Å². The van der Waals surface area contributed by atoms with E-state index in [0.717, 1.165) is 12.1 Å². The van der Waals surface area contributed by atoms with E-state index >= 15 is 0 Å². The first-order valence-corrected chi connectivity index (χ1v) is 9.89. The summed E-state index contributed by atoms with van der Waals surface area (Å²) in [6.07, 6.45) is -11.9. The number of benzene rings is 1. The summed E-state index contributed by atoms with van der Waals surface area (Å²) in [4.78, 5) is 25.3. The van der Waals surface area contributed by atoms with Crippen molar-refractivity contribution in [3.8, 4) is 0 Å². The quantitative estimate of drug-likeness (QED) is 0.416. The molecule has 2 rings (SSSR count). The normalized spacial score (nSPS) is 30.6. The number of esters is 2. The molecule has 1 aliphatic rings. The standard InChI is InChI=1S/C19H20ClF6NO6/c1-3-32-14(28)12-11(9-7-5-6-8-10(9)20)13(15(29)33-4-2)17(31,19(24,25)26)27-16(12,30)18(21,22)23/h5-8,11-13,27,30-31H,3-4H2,1-2H3/t11?,12-,13-,16-,17+/m1/s1. The van der Waals surface area contributed by atoms with Crippen LogP contribution < -0.4 is 5.32 Å². The van der Waals surface area contributed by atoms with Crippen LogP contribution in [0.3, 0.4) is 0 Å². The van der Waals surface area contributed by atoms with Crippen molar-refractivity contribution < 1.29 is 55.6 Å². The first-order chi connectivity index (χ1) is 15.1. The van der Waals surface area contributed by atoms with Crippen LogP contribution in [0.5, 0.6) is 0 Å². The first kappa shape index (κ1) is 27.2. The highest BCUT2D eigenvalue weighted by Gasteiger charge is 2.78. The Balaban J connectivity index is 3.00. The lowest BCUT2D eigenvalue weighted by molar-refractivity contribution is -0.376. The Kier molecular flexibility index (Phi) is 7.63. The highest BCUT2D eigenvalue weighted by atomic mass is 35.5. The van der Waals surface area contributed by atoms with Crippen LogP contribution >= 0.6 is 11.6 Å². The molecule has 0 aromatic heterocycles. The predicted octanol–water partition coefficient (Wildman–Crippen LogP) is 2.89. The lowest BCUT2D eigenvalue weighted by Gasteiger charge is -2.54. The van der Waals surface area contributed by atoms with Gasteiger partial charge in [0.2, 0.25) is 11.4 Å². The summed E-state index contributed by atoms with van der Waals surface area (Å²) >= 11 is 6.02. The lowest BCUT2D eigenvalue weighted by Crippen LogP contribution is -2.81. The molecular weight excluding hydrogens is 488 g/mol. The van der Waals surface area contributed by atoms with Crippen molar-refractivity contribution in [2.24, 2.45) is 11.8 Å². The maximum Gasteiger partial charge on any atom is 0.432 e. The van der Waals surface area contributed by atoms with Gasteiger partial charge in [0.25, 0.3) is 0 Å². The molecule has 0 spiro atoms. The maximum absolute atomic E-state index is 14.0. The number of hydrogen-bond acceptors (Lipinski definition) is 7. The van der Waals surface area contributed by atoms with E-state index < -0.39 is 77.3 Å². The summed E-state index contributed by atoms with van der Waals surface area (Å²) < 4.78 is 93.4. The molecule has 33 heavy (non-hydrogen) atoms. The second-order valence-electron chi connectivity index (χ2n) is 7.16. The van der Waals surface area contributed by atoms with Crippen molar-refractivity contribution in [3.05, 3.63) is 34.9 Å². The van der Waals surface area contributed by atoms with Crippen LogP contribution in [0.4, 0.5) is 26.3 Å². The minimum Gasteiger partial charge on any atom is -0.466 e. The molecule has 5 atom stereocenters. The molecule has 0 saturated carbocycles. The Morgan fingerprint density at radius 3 is 1.67 bits per heavy atom. The minimum absolute atomic E-state index is 0.429. The predicted molar refractivity (Wildman–Crippen MR) is 99.6 cm³/mol. The van der Waals surface area contributed by atoms with Crippen molar-refractivity contribution >= 4 is 23.5 Å². The number of rotatable bonds is 5. The average Bonchev–Trinajstić information content (AvgIpc) is 2.66. The third-order valence-electron chi connectivity index (χ3n) is 5.21. The zero-order valence-electron chi connectivity index (χ0n) is 17.1. The van der Waals surface area contributed by atoms with Gasteiger partial charge < -0.3 is 19.7 Å². The molecule has 1 aromatic carbocycles. The third kappa shape index (κ3) is 4.63. The Morgan fingerprint density at radius 2 is 1.33 bits per heavy atom. The fourth-order valence-corrected chi connectivity index (χ4v) is 4.12. The Hall–Kier alpha value is -2.09. The molecule has 0 aliphatic carbocycles. The summed E-state index contributed by atoms with van der Waals surface area (Å²) in [5, 5.41) is 21.3. The van der Waals surface area contributed by atoms with Crippen LogP contribution in [0.15, 0.2) is 24.3 Å². The van der Waals surface area contributed by atoms with Gasteiger partial charge in [0, 0.05) is 10.9 Å². The summed E-state index contributed by atoms with van der Waals surface area (Å²) in [5.74, 6) is -11.8. The molecule has 1 unspecified atom stereocenters. The third-order valence-corrected chi connectivity index (χ3v) is 5.55. The van der Waals surface area contributed by atoms with Gasteiger partial charge in [0.15, 0.2) is 0 Å². The maximum atomic E-state index is 14.0. The number of carbonyl (C=O) groups is 2. The molecule has 7 nitrogen and oxygen atoms in total. The largest absolute Gasteiger partial charge is 0.466 e. The molecule has 186 valence electrons. The van der Waals surface area contributed by atoms with Gasteiger partial charge in [-0.05, 0) is 25.5 Å². The van der Waals surface area contributed by atoms with Crippen molar-refractivity contribution in [1.82, 2.24) is 5.32 Å². The van der Waals surface area contributed by atoms with Gasteiger partial charge in [0.1, 0.15) is 11.8 Å². The summed E-state index contributed by atoms with van der Waals surface area (Å²) in [5.41, 5.74) is -9.92. The molecule has 3 N–H and O–H groups in total. The molecule has 1 aliphatic heterocycles. The molecule has 14 heteroatoms. The summed E-state index contributed by atoms with van der Waals surface area (Å²) in [6.45, 7) is 1.40. The Morgan fingerprint density at radius 1 is 0.939 bits per heavy atom. The topological polar surface area (TPSA) is 105 Å². The number of aliphatic hydroxyl groups is 2. The summed E-state index contributed by atoms with van der Waals surface area (Å²) in [6, 6.07) is 4.51. The number of alkyl halides is 6. The molecule has 0 amide bonds. The number of piperidine rings is 1. The monoisotopic (exact) mass is 507 g/mol. The average molecular weight is 508 g/mol. The first-order valence-electron chi connectivity index (χ1n) is 9.52. The molecule has 1 heterocycles. The molecule has 1 saturated heterocycles. The van der Waals surface area contributed by atoms with E-state index in [1.54, 1.807) is 0 Å². The molecular formula is C19H20ClF6NO6. The molecule has 1 aromatic rings. The number of carbonyl (C=O) groups excluding carboxylic acids is 2.